The number of amides is 2. The molecule has 0 heterocycles. The molecule has 2 aromatic carbocycles. The lowest BCUT2D eigenvalue weighted by Crippen LogP contribution is -2.33. The van der Waals surface area contributed by atoms with Crippen molar-refractivity contribution in [3.63, 3.8) is 0 Å². The number of nitrogens with one attached hydrogen (secondary N) is 2. The molecule has 132 valence electrons. The van der Waals surface area contributed by atoms with E-state index in [0.717, 1.165) is 4.47 Å². The van der Waals surface area contributed by atoms with Crippen LogP contribution in [0.4, 0.5) is 5.69 Å². The van der Waals surface area contributed by atoms with E-state index in [9.17, 15) is 9.59 Å². The van der Waals surface area contributed by atoms with Crippen LogP contribution in [0.15, 0.2) is 53.0 Å². The second-order valence-corrected chi connectivity index (χ2v) is 6.79. The summed E-state index contributed by atoms with van der Waals surface area (Å²) in [6.07, 6.45) is -0.706. The summed E-state index contributed by atoms with van der Waals surface area (Å²) in [7, 11) is 0. The van der Waals surface area contributed by atoms with Gasteiger partial charge < -0.3 is 15.4 Å². The van der Waals surface area contributed by atoms with Crippen molar-refractivity contribution in [2.45, 2.75) is 32.9 Å². The molecule has 2 aromatic rings. The van der Waals surface area contributed by atoms with Crippen LogP contribution in [0.5, 0.6) is 5.75 Å². The zero-order valence-electron chi connectivity index (χ0n) is 14.4. The van der Waals surface area contributed by atoms with Crippen molar-refractivity contribution >= 4 is 33.4 Å². The van der Waals surface area contributed by atoms with Crippen molar-refractivity contribution in [2.24, 2.45) is 0 Å². The van der Waals surface area contributed by atoms with Gasteiger partial charge in [-0.15, -0.1) is 0 Å². The highest BCUT2D eigenvalue weighted by Gasteiger charge is 2.18. The van der Waals surface area contributed by atoms with Gasteiger partial charge in [0.05, 0.1) is 11.3 Å². The number of carbonyl (C=O) groups is 2. The zero-order valence-corrected chi connectivity index (χ0v) is 16.0. The van der Waals surface area contributed by atoms with Crippen LogP contribution in [0, 0.1) is 0 Å². The fourth-order valence-electron chi connectivity index (χ4n) is 2.14. The molecule has 1 atom stereocenters. The second-order valence-electron chi connectivity index (χ2n) is 5.88. The molecule has 0 aliphatic rings. The molecule has 0 bridgehead atoms. The smallest absolute Gasteiger partial charge is 0.265 e. The average Bonchev–Trinajstić information content (AvgIpc) is 2.56. The lowest BCUT2D eigenvalue weighted by Gasteiger charge is -2.17. The normalized spacial score (nSPS) is 11.7. The summed E-state index contributed by atoms with van der Waals surface area (Å²) >= 11 is 3.35. The number of rotatable bonds is 6. The van der Waals surface area contributed by atoms with E-state index in [4.69, 9.17) is 4.74 Å². The largest absolute Gasteiger partial charge is 0.481 e. The predicted molar refractivity (Wildman–Crippen MR) is 102 cm³/mol. The summed E-state index contributed by atoms with van der Waals surface area (Å²) in [5.41, 5.74) is 0.872. The lowest BCUT2D eigenvalue weighted by molar-refractivity contribution is -0.122. The Morgan fingerprint density at radius 3 is 2.28 bits per heavy atom. The van der Waals surface area contributed by atoms with Crippen LogP contribution < -0.4 is 15.4 Å². The summed E-state index contributed by atoms with van der Waals surface area (Å²) < 4.78 is 6.57. The number of carbonyl (C=O) groups excluding carboxylic acids is 2. The summed E-state index contributed by atoms with van der Waals surface area (Å²) in [5.74, 6) is 0.0387. The van der Waals surface area contributed by atoms with Gasteiger partial charge in [-0.25, -0.2) is 0 Å². The molecule has 6 heteroatoms. The Kier molecular flexibility index (Phi) is 6.58. The standard InChI is InChI=1S/C19H21BrN2O3/c1-12(2)21-19(24)16-6-4-5-7-17(16)22-18(23)13(3)25-15-10-8-14(20)9-11-15/h4-13H,1-3H3,(H,21,24)(H,22,23)/t13-/m1/s1. The molecule has 0 unspecified atom stereocenters. The van der Waals surface area contributed by atoms with Gasteiger partial charge in [-0.05, 0) is 57.2 Å². The van der Waals surface area contributed by atoms with E-state index in [1.165, 1.54) is 0 Å². The molecule has 0 radical (unpaired) electrons. The summed E-state index contributed by atoms with van der Waals surface area (Å²) in [5, 5.41) is 5.58. The van der Waals surface area contributed by atoms with Gasteiger partial charge in [0, 0.05) is 10.5 Å². The van der Waals surface area contributed by atoms with Gasteiger partial charge in [0.2, 0.25) is 0 Å². The van der Waals surface area contributed by atoms with Gasteiger partial charge in [-0.3, -0.25) is 9.59 Å². The lowest BCUT2D eigenvalue weighted by atomic mass is 10.1. The summed E-state index contributed by atoms with van der Waals surface area (Å²) in [6, 6.07) is 14.1. The van der Waals surface area contributed by atoms with Gasteiger partial charge in [-0.2, -0.15) is 0 Å². The van der Waals surface area contributed by atoms with Crippen molar-refractivity contribution in [1.29, 1.82) is 0 Å². The Labute approximate surface area is 155 Å². The van der Waals surface area contributed by atoms with Gasteiger partial charge in [0.15, 0.2) is 6.10 Å². The third kappa shape index (κ3) is 5.60. The first-order chi connectivity index (χ1) is 11.9. The minimum absolute atomic E-state index is 0.0101. The molecule has 0 aliphatic carbocycles. The Morgan fingerprint density at radius 2 is 1.64 bits per heavy atom. The van der Waals surface area contributed by atoms with E-state index in [1.807, 2.05) is 26.0 Å². The minimum Gasteiger partial charge on any atom is -0.481 e. The number of hydrogen-bond donors (Lipinski definition) is 2. The molecule has 2 rings (SSSR count). The highest BCUT2D eigenvalue weighted by Crippen LogP contribution is 2.19. The van der Waals surface area contributed by atoms with E-state index >= 15 is 0 Å². The molecule has 5 nitrogen and oxygen atoms in total. The van der Waals surface area contributed by atoms with Crippen LogP contribution in [-0.4, -0.2) is 24.0 Å². The minimum atomic E-state index is -0.706. The number of benzene rings is 2. The second kappa shape index (κ2) is 8.67. The molecule has 0 aliphatic heterocycles. The highest BCUT2D eigenvalue weighted by atomic mass is 79.9. The first-order valence-electron chi connectivity index (χ1n) is 8.00. The quantitative estimate of drug-likeness (QED) is 0.764. The van der Waals surface area contributed by atoms with Crippen molar-refractivity contribution < 1.29 is 14.3 Å². The Hall–Kier alpha value is -2.34. The summed E-state index contributed by atoms with van der Waals surface area (Å²) in [4.78, 5) is 24.7. The van der Waals surface area contributed by atoms with E-state index in [-0.39, 0.29) is 17.9 Å². The maximum atomic E-state index is 12.4. The van der Waals surface area contributed by atoms with Crippen molar-refractivity contribution in [3.8, 4) is 5.75 Å². The van der Waals surface area contributed by atoms with E-state index in [1.54, 1.807) is 43.3 Å². The monoisotopic (exact) mass is 404 g/mol. The zero-order chi connectivity index (χ0) is 18.4. The molecule has 2 N–H and O–H groups in total. The van der Waals surface area contributed by atoms with Gasteiger partial charge in [0.1, 0.15) is 5.75 Å². The number of para-hydroxylation sites is 1. The first-order valence-corrected chi connectivity index (χ1v) is 8.79. The van der Waals surface area contributed by atoms with Crippen molar-refractivity contribution in [2.75, 3.05) is 5.32 Å². The van der Waals surface area contributed by atoms with Crippen molar-refractivity contribution in [3.05, 3.63) is 58.6 Å². The molecule has 0 saturated carbocycles. The number of halogens is 1. The Morgan fingerprint density at radius 1 is 1.00 bits per heavy atom. The topological polar surface area (TPSA) is 67.4 Å². The van der Waals surface area contributed by atoms with E-state index in [0.29, 0.717) is 17.0 Å². The van der Waals surface area contributed by atoms with Crippen LogP contribution in [0.1, 0.15) is 31.1 Å². The van der Waals surface area contributed by atoms with Crippen molar-refractivity contribution in [1.82, 2.24) is 5.32 Å². The summed E-state index contributed by atoms with van der Waals surface area (Å²) in [6.45, 7) is 5.43. The maximum Gasteiger partial charge on any atom is 0.265 e. The fourth-order valence-corrected chi connectivity index (χ4v) is 2.40. The highest BCUT2D eigenvalue weighted by molar-refractivity contribution is 9.10. The molecule has 0 spiro atoms. The molecular formula is C19H21BrN2O3. The number of anilines is 1. The predicted octanol–water partition coefficient (Wildman–Crippen LogP) is 3.99. The van der Waals surface area contributed by atoms with Crippen LogP contribution in [-0.2, 0) is 4.79 Å². The number of hydrogen-bond acceptors (Lipinski definition) is 3. The SMILES string of the molecule is CC(C)NC(=O)c1ccccc1NC(=O)[C@@H](C)Oc1ccc(Br)cc1. The molecule has 2 amide bonds. The molecule has 25 heavy (non-hydrogen) atoms. The number of ether oxygens (including phenoxy) is 1. The van der Waals surface area contributed by atoms with Gasteiger partial charge in [0.25, 0.3) is 11.8 Å². The van der Waals surface area contributed by atoms with E-state index in [2.05, 4.69) is 26.6 Å². The van der Waals surface area contributed by atoms with E-state index < -0.39 is 6.10 Å². The first kappa shape index (κ1) is 19.0. The van der Waals surface area contributed by atoms with Gasteiger partial charge >= 0.3 is 0 Å². The molecular weight excluding hydrogens is 384 g/mol. The Balaban J connectivity index is 2.07. The molecule has 0 saturated heterocycles. The van der Waals surface area contributed by atoms with Crippen LogP contribution >= 0.6 is 15.9 Å². The van der Waals surface area contributed by atoms with Gasteiger partial charge in [-0.1, -0.05) is 28.1 Å². The molecule has 0 aromatic heterocycles. The third-order valence-electron chi connectivity index (χ3n) is 3.35. The maximum absolute atomic E-state index is 12.4. The molecule has 0 fully saturated rings. The van der Waals surface area contributed by atoms with Crippen LogP contribution in [0.2, 0.25) is 0 Å². The average molecular weight is 405 g/mol. The Bertz CT molecular complexity index is 745. The third-order valence-corrected chi connectivity index (χ3v) is 3.87. The van der Waals surface area contributed by atoms with Crippen LogP contribution in [0.25, 0.3) is 0 Å². The van der Waals surface area contributed by atoms with Crippen LogP contribution in [0.3, 0.4) is 0 Å². The fraction of sp³-hybridized carbons (Fsp3) is 0.263.